The summed E-state index contributed by atoms with van der Waals surface area (Å²) in [7, 11) is 0. The molecule has 2 aromatic carbocycles. The summed E-state index contributed by atoms with van der Waals surface area (Å²) < 4.78 is 1.39. The Morgan fingerprint density at radius 1 is 1.12 bits per heavy atom. The fourth-order valence-corrected chi connectivity index (χ4v) is 3.18. The summed E-state index contributed by atoms with van der Waals surface area (Å²) >= 11 is 5.95. The van der Waals surface area contributed by atoms with Crippen molar-refractivity contribution in [1.82, 2.24) is 19.7 Å². The molecule has 0 saturated carbocycles. The first-order valence-electron chi connectivity index (χ1n) is 8.07. The van der Waals surface area contributed by atoms with Crippen LogP contribution in [0.2, 0.25) is 5.02 Å². The molecule has 1 amide bonds. The third-order valence-electron chi connectivity index (χ3n) is 4.39. The van der Waals surface area contributed by atoms with Gasteiger partial charge in [0, 0.05) is 18.1 Å². The molecule has 0 aliphatic carbocycles. The van der Waals surface area contributed by atoms with Gasteiger partial charge in [0.2, 0.25) is 5.91 Å². The maximum absolute atomic E-state index is 12.5. The van der Waals surface area contributed by atoms with Crippen LogP contribution in [0, 0.1) is 11.3 Å². The smallest absolute Gasteiger partial charge is 0.252 e. The maximum atomic E-state index is 12.5. The van der Waals surface area contributed by atoms with Crippen LogP contribution in [-0.4, -0.2) is 25.6 Å². The highest BCUT2D eigenvalue weighted by Gasteiger charge is 2.24. The molecule has 4 rings (SSSR count). The van der Waals surface area contributed by atoms with Crippen molar-refractivity contribution in [2.45, 2.75) is 19.6 Å². The van der Waals surface area contributed by atoms with Crippen molar-refractivity contribution in [3.8, 4) is 17.2 Å². The number of nitriles is 1. The first-order chi connectivity index (χ1) is 12.6. The van der Waals surface area contributed by atoms with E-state index in [2.05, 4.69) is 28.3 Å². The minimum Gasteiger partial charge on any atom is -0.332 e. The molecule has 2 heterocycles. The van der Waals surface area contributed by atoms with Crippen molar-refractivity contribution in [3.63, 3.8) is 0 Å². The number of rotatable bonds is 3. The van der Waals surface area contributed by atoms with E-state index in [-0.39, 0.29) is 18.3 Å². The molecule has 0 spiro atoms. The van der Waals surface area contributed by atoms with Crippen LogP contribution in [0.25, 0.3) is 11.1 Å². The minimum atomic E-state index is -0.0522. The monoisotopic (exact) mass is 363 g/mol. The number of hydrogen-bond acceptors (Lipinski definition) is 4. The van der Waals surface area contributed by atoms with Crippen LogP contribution >= 0.6 is 11.6 Å². The molecule has 1 aromatic heterocycles. The molecule has 6 nitrogen and oxygen atoms in total. The van der Waals surface area contributed by atoms with Crippen LogP contribution in [-0.2, 0) is 24.4 Å². The standard InChI is InChI=1S/C19H14ClN5O/c20-17-5-3-13(4-6-17)14-1-2-15-9-24(10-16(15)7-14)19(26)11-25-12-22-18(8-21)23-25/h1-7,12H,9-11H2. The van der Waals surface area contributed by atoms with Gasteiger partial charge in [0.25, 0.3) is 5.82 Å². The predicted octanol–water partition coefficient (Wildman–Crippen LogP) is 3.01. The molecule has 0 radical (unpaired) electrons. The lowest BCUT2D eigenvalue weighted by molar-refractivity contribution is -0.132. The second-order valence-corrected chi connectivity index (χ2v) is 6.55. The highest BCUT2D eigenvalue weighted by Crippen LogP contribution is 2.29. The maximum Gasteiger partial charge on any atom is 0.252 e. The van der Waals surface area contributed by atoms with Crippen LogP contribution in [0.4, 0.5) is 0 Å². The zero-order valence-electron chi connectivity index (χ0n) is 13.8. The van der Waals surface area contributed by atoms with Gasteiger partial charge in [-0.3, -0.25) is 4.79 Å². The molecule has 0 saturated heterocycles. The van der Waals surface area contributed by atoms with Crippen molar-refractivity contribution in [2.24, 2.45) is 0 Å². The first-order valence-corrected chi connectivity index (χ1v) is 8.45. The Morgan fingerprint density at radius 3 is 2.58 bits per heavy atom. The van der Waals surface area contributed by atoms with Gasteiger partial charge in [0.15, 0.2) is 0 Å². The second-order valence-electron chi connectivity index (χ2n) is 6.12. The number of benzene rings is 2. The molecule has 0 unspecified atom stereocenters. The lowest BCUT2D eigenvalue weighted by Crippen LogP contribution is -2.29. The molecular formula is C19H14ClN5O. The summed E-state index contributed by atoms with van der Waals surface area (Å²) in [6.07, 6.45) is 1.40. The third-order valence-corrected chi connectivity index (χ3v) is 4.64. The Labute approximate surface area is 155 Å². The molecule has 7 heteroatoms. The molecule has 1 aliphatic rings. The zero-order valence-corrected chi connectivity index (χ0v) is 14.5. The molecule has 128 valence electrons. The van der Waals surface area contributed by atoms with E-state index in [0.29, 0.717) is 18.1 Å². The third kappa shape index (κ3) is 3.17. The number of halogens is 1. The summed E-state index contributed by atoms with van der Waals surface area (Å²) in [6.45, 7) is 1.22. The van der Waals surface area contributed by atoms with Gasteiger partial charge in [-0.1, -0.05) is 35.9 Å². The van der Waals surface area contributed by atoms with Crippen molar-refractivity contribution >= 4 is 17.5 Å². The number of amides is 1. The number of carbonyl (C=O) groups excluding carboxylic acids is 1. The summed E-state index contributed by atoms with van der Waals surface area (Å²) in [4.78, 5) is 18.1. The lowest BCUT2D eigenvalue weighted by Gasteiger charge is -2.14. The Balaban J connectivity index is 1.49. The number of hydrogen-bond donors (Lipinski definition) is 0. The van der Waals surface area contributed by atoms with Gasteiger partial charge in [-0.25, -0.2) is 9.67 Å². The molecule has 0 N–H and O–H groups in total. The quantitative estimate of drug-likeness (QED) is 0.716. The average Bonchev–Trinajstić information content (AvgIpc) is 3.28. The molecule has 1 aliphatic heterocycles. The Kier molecular flexibility index (Phi) is 4.15. The minimum absolute atomic E-state index is 0.0522. The number of nitrogens with zero attached hydrogens (tertiary/aromatic N) is 5. The summed E-state index contributed by atoms with van der Waals surface area (Å²) in [6, 6.07) is 15.8. The van der Waals surface area contributed by atoms with Crippen LogP contribution in [0.5, 0.6) is 0 Å². The molecule has 0 fully saturated rings. The number of fused-ring (bicyclic) bond motifs is 1. The molecule has 0 bridgehead atoms. The van der Waals surface area contributed by atoms with Gasteiger partial charge < -0.3 is 4.90 Å². The second kappa shape index (κ2) is 6.62. The van der Waals surface area contributed by atoms with Crippen LogP contribution in [0.15, 0.2) is 48.8 Å². The predicted molar refractivity (Wildman–Crippen MR) is 95.9 cm³/mol. The largest absolute Gasteiger partial charge is 0.332 e. The SMILES string of the molecule is N#Cc1ncn(CC(=O)N2Cc3ccc(-c4ccc(Cl)cc4)cc3C2)n1. The van der Waals surface area contributed by atoms with Crippen molar-refractivity contribution < 1.29 is 4.79 Å². The van der Waals surface area contributed by atoms with Gasteiger partial charge in [-0.15, -0.1) is 5.10 Å². The topological polar surface area (TPSA) is 74.8 Å². The van der Waals surface area contributed by atoms with Crippen molar-refractivity contribution in [2.75, 3.05) is 0 Å². The van der Waals surface area contributed by atoms with Crippen LogP contribution in [0.3, 0.4) is 0 Å². The van der Waals surface area contributed by atoms with E-state index in [1.807, 2.05) is 30.3 Å². The van der Waals surface area contributed by atoms with Crippen molar-refractivity contribution in [1.29, 1.82) is 5.26 Å². The highest BCUT2D eigenvalue weighted by molar-refractivity contribution is 6.30. The summed E-state index contributed by atoms with van der Waals surface area (Å²) in [5.41, 5.74) is 4.48. The van der Waals surface area contributed by atoms with Crippen LogP contribution < -0.4 is 0 Å². The van der Waals surface area contributed by atoms with E-state index in [0.717, 1.165) is 22.3 Å². The zero-order chi connectivity index (χ0) is 18.1. The van der Waals surface area contributed by atoms with E-state index in [1.54, 1.807) is 4.90 Å². The normalized spacial score (nSPS) is 12.7. The van der Waals surface area contributed by atoms with E-state index < -0.39 is 0 Å². The van der Waals surface area contributed by atoms with Gasteiger partial charge in [-0.05, 0) is 40.5 Å². The number of aromatic nitrogens is 3. The van der Waals surface area contributed by atoms with Gasteiger partial charge in [0.1, 0.15) is 18.9 Å². The van der Waals surface area contributed by atoms with E-state index in [4.69, 9.17) is 16.9 Å². The van der Waals surface area contributed by atoms with Crippen LogP contribution in [0.1, 0.15) is 17.0 Å². The lowest BCUT2D eigenvalue weighted by atomic mass is 10.0. The summed E-state index contributed by atoms with van der Waals surface area (Å²) in [5.74, 6) is 0.0127. The van der Waals surface area contributed by atoms with E-state index >= 15 is 0 Å². The van der Waals surface area contributed by atoms with E-state index in [1.165, 1.54) is 11.0 Å². The molecule has 0 atom stereocenters. The van der Waals surface area contributed by atoms with Gasteiger partial charge in [-0.2, -0.15) is 5.26 Å². The molecule has 3 aromatic rings. The van der Waals surface area contributed by atoms with Crippen molar-refractivity contribution in [3.05, 3.63) is 70.8 Å². The highest BCUT2D eigenvalue weighted by atomic mass is 35.5. The molecule has 26 heavy (non-hydrogen) atoms. The number of carbonyl (C=O) groups is 1. The Morgan fingerprint density at radius 2 is 1.85 bits per heavy atom. The Bertz CT molecular complexity index is 1020. The first kappa shape index (κ1) is 16.3. The van der Waals surface area contributed by atoms with Gasteiger partial charge >= 0.3 is 0 Å². The molecular weight excluding hydrogens is 350 g/mol. The Hall–Kier alpha value is -3.17. The fourth-order valence-electron chi connectivity index (χ4n) is 3.05. The summed E-state index contributed by atoms with van der Waals surface area (Å²) in [5, 5.41) is 13.4. The van der Waals surface area contributed by atoms with Gasteiger partial charge in [0.05, 0.1) is 0 Å². The average molecular weight is 364 g/mol. The van der Waals surface area contributed by atoms with E-state index in [9.17, 15) is 4.79 Å². The fraction of sp³-hybridized carbons (Fsp3) is 0.158.